The van der Waals surface area contributed by atoms with Gasteiger partial charge in [-0.15, -0.1) is 0 Å². The van der Waals surface area contributed by atoms with Crippen molar-refractivity contribution < 1.29 is 28.6 Å². The number of ether oxygens (including phenoxy) is 3. The summed E-state index contributed by atoms with van der Waals surface area (Å²) in [5.74, 6) is -0.921. The molecule has 0 N–H and O–H groups in total. The van der Waals surface area contributed by atoms with Crippen molar-refractivity contribution in [2.75, 3.05) is 13.2 Å². The highest BCUT2D eigenvalue weighted by molar-refractivity contribution is 5.71. The van der Waals surface area contributed by atoms with Gasteiger partial charge in [0.15, 0.2) is 6.10 Å². The van der Waals surface area contributed by atoms with E-state index in [2.05, 4.69) is 118 Å². The van der Waals surface area contributed by atoms with E-state index < -0.39 is 6.10 Å². The highest BCUT2D eigenvalue weighted by atomic mass is 16.6. The van der Waals surface area contributed by atoms with E-state index in [1.54, 1.807) is 0 Å². The monoisotopic (exact) mass is 1040 g/mol. The Bertz CT molecular complexity index is 1480. The zero-order chi connectivity index (χ0) is 54.3. The van der Waals surface area contributed by atoms with Crippen LogP contribution >= 0.6 is 0 Å². The second-order valence-corrected chi connectivity index (χ2v) is 20.9. The van der Waals surface area contributed by atoms with E-state index in [4.69, 9.17) is 14.2 Å². The van der Waals surface area contributed by atoms with E-state index in [0.717, 1.165) is 103 Å². The molecule has 6 nitrogen and oxygen atoms in total. The van der Waals surface area contributed by atoms with Crippen molar-refractivity contribution in [3.8, 4) is 0 Å². The first kappa shape index (κ1) is 71.3. The molecule has 0 aromatic carbocycles. The first-order valence-corrected chi connectivity index (χ1v) is 31.7. The molecule has 0 fully saturated rings. The van der Waals surface area contributed by atoms with Gasteiger partial charge in [0, 0.05) is 19.3 Å². The lowest BCUT2D eigenvalue weighted by Crippen LogP contribution is -2.30. The third-order valence-electron chi connectivity index (χ3n) is 13.5. The Morgan fingerprint density at radius 1 is 0.280 bits per heavy atom. The molecule has 75 heavy (non-hydrogen) atoms. The maximum Gasteiger partial charge on any atom is 0.306 e. The topological polar surface area (TPSA) is 78.9 Å². The van der Waals surface area contributed by atoms with Crippen LogP contribution in [0.15, 0.2) is 97.2 Å². The molecule has 430 valence electrons. The zero-order valence-electron chi connectivity index (χ0n) is 49.3. The number of unbranched alkanes of at least 4 members (excludes halogenated alkanes) is 30. The molecule has 0 aromatic heterocycles. The van der Waals surface area contributed by atoms with Crippen LogP contribution in [0.3, 0.4) is 0 Å². The fraction of sp³-hybridized carbons (Fsp3) is 0.725. The number of carbonyl (C=O) groups is 3. The summed E-state index contributed by atoms with van der Waals surface area (Å²) in [6.45, 7) is 6.48. The summed E-state index contributed by atoms with van der Waals surface area (Å²) in [6, 6.07) is 0. The van der Waals surface area contributed by atoms with Gasteiger partial charge in [-0.2, -0.15) is 0 Å². The molecule has 0 aromatic rings. The maximum atomic E-state index is 12.9. The summed E-state index contributed by atoms with van der Waals surface area (Å²) < 4.78 is 16.9. The van der Waals surface area contributed by atoms with Crippen molar-refractivity contribution in [2.45, 2.75) is 309 Å². The minimum Gasteiger partial charge on any atom is -0.462 e. The molecule has 0 saturated heterocycles. The lowest BCUT2D eigenvalue weighted by Gasteiger charge is -2.18. The minimum atomic E-state index is -0.795. The Kier molecular flexibility index (Phi) is 59.8. The highest BCUT2D eigenvalue weighted by Gasteiger charge is 2.19. The van der Waals surface area contributed by atoms with Gasteiger partial charge in [0.2, 0.25) is 0 Å². The summed E-state index contributed by atoms with van der Waals surface area (Å²) >= 11 is 0. The van der Waals surface area contributed by atoms with Crippen molar-refractivity contribution in [2.24, 2.45) is 0 Å². The molecular formula is C69H118O6. The summed E-state index contributed by atoms with van der Waals surface area (Å²) in [4.78, 5) is 38.3. The van der Waals surface area contributed by atoms with E-state index in [0.29, 0.717) is 19.3 Å². The Hall–Kier alpha value is -3.67. The number of esters is 3. The van der Waals surface area contributed by atoms with Crippen molar-refractivity contribution in [1.29, 1.82) is 0 Å². The third kappa shape index (κ3) is 61.1. The second kappa shape index (κ2) is 62.9. The van der Waals surface area contributed by atoms with Gasteiger partial charge in [-0.3, -0.25) is 14.4 Å². The fourth-order valence-corrected chi connectivity index (χ4v) is 8.79. The largest absolute Gasteiger partial charge is 0.462 e. The predicted octanol–water partition coefficient (Wildman–Crippen LogP) is 21.7. The average Bonchev–Trinajstić information content (AvgIpc) is 3.41. The van der Waals surface area contributed by atoms with E-state index in [1.807, 2.05) is 0 Å². The van der Waals surface area contributed by atoms with E-state index in [9.17, 15) is 14.4 Å². The Balaban J connectivity index is 4.34. The first-order chi connectivity index (χ1) is 37.0. The van der Waals surface area contributed by atoms with Crippen LogP contribution in [-0.4, -0.2) is 37.2 Å². The molecule has 0 saturated carbocycles. The number of rotatable bonds is 57. The fourth-order valence-electron chi connectivity index (χ4n) is 8.79. The molecule has 0 aliphatic carbocycles. The van der Waals surface area contributed by atoms with Crippen LogP contribution in [0.2, 0.25) is 0 Å². The first-order valence-electron chi connectivity index (χ1n) is 31.7. The van der Waals surface area contributed by atoms with Crippen LogP contribution in [0.5, 0.6) is 0 Å². The Morgan fingerprint density at radius 2 is 0.520 bits per heavy atom. The summed E-state index contributed by atoms with van der Waals surface area (Å²) in [5.41, 5.74) is 0. The SMILES string of the molecule is CC/C=C\C/C=C\C/C=C\CCCCCC(=O)OCC(COC(=O)CCCCCCCCCCCC/C=C\C/C=C\C/C=C\CCCCCCC)OC(=O)CCCCCCCCCCC/C=C\C/C=C\CCCCC. The molecule has 0 aliphatic heterocycles. The molecule has 0 amide bonds. The van der Waals surface area contributed by atoms with Crippen LogP contribution in [0.25, 0.3) is 0 Å². The molecule has 0 bridgehead atoms. The molecule has 1 unspecified atom stereocenters. The quantitative estimate of drug-likeness (QED) is 0.0261. The number of hydrogen-bond donors (Lipinski definition) is 0. The van der Waals surface area contributed by atoms with Crippen LogP contribution in [-0.2, 0) is 28.6 Å². The van der Waals surface area contributed by atoms with Crippen molar-refractivity contribution in [3.05, 3.63) is 97.2 Å². The molecule has 0 aliphatic rings. The Morgan fingerprint density at radius 3 is 0.853 bits per heavy atom. The van der Waals surface area contributed by atoms with Gasteiger partial charge >= 0.3 is 17.9 Å². The normalized spacial score (nSPS) is 12.7. The third-order valence-corrected chi connectivity index (χ3v) is 13.5. The molecule has 0 radical (unpaired) electrons. The summed E-state index contributed by atoms with van der Waals surface area (Å²) in [6.07, 6.45) is 84.1. The van der Waals surface area contributed by atoms with Crippen LogP contribution in [0.1, 0.15) is 303 Å². The van der Waals surface area contributed by atoms with Crippen LogP contribution in [0.4, 0.5) is 0 Å². The number of hydrogen-bond acceptors (Lipinski definition) is 6. The predicted molar refractivity (Wildman–Crippen MR) is 325 cm³/mol. The number of allylic oxidation sites excluding steroid dienone is 16. The molecule has 0 spiro atoms. The van der Waals surface area contributed by atoms with Crippen molar-refractivity contribution in [3.63, 3.8) is 0 Å². The van der Waals surface area contributed by atoms with E-state index in [-0.39, 0.29) is 31.1 Å². The summed E-state index contributed by atoms with van der Waals surface area (Å²) in [5, 5.41) is 0. The standard InChI is InChI=1S/C69H118O6/c1-4-7-10-13-16-19-22-25-27-29-31-32-33-34-35-36-38-39-41-44-47-50-53-56-59-62-68(71)74-65-66(64-73-67(70)61-58-55-52-49-46-43-24-21-18-15-12-9-6-3)75-69(72)63-60-57-54-51-48-45-42-40-37-30-28-26-23-20-17-14-11-8-5-2/h9,12,17-18,20-22,25-26,28-29,31,33-34,43,46,66H,4-8,10-11,13-16,19,23-24,27,30,32,35-42,44-45,47-65H2,1-3H3/b12-9-,20-17-,21-18-,25-22-,28-26-,31-29-,34-33-,46-43-. The number of carbonyl (C=O) groups excluding carboxylic acids is 3. The van der Waals surface area contributed by atoms with Crippen molar-refractivity contribution >= 4 is 17.9 Å². The van der Waals surface area contributed by atoms with Crippen molar-refractivity contribution in [1.82, 2.24) is 0 Å². The van der Waals surface area contributed by atoms with Crippen LogP contribution in [0, 0.1) is 0 Å². The van der Waals surface area contributed by atoms with E-state index in [1.165, 1.54) is 161 Å². The molecule has 6 heteroatoms. The highest BCUT2D eigenvalue weighted by Crippen LogP contribution is 2.16. The lowest BCUT2D eigenvalue weighted by molar-refractivity contribution is -0.167. The van der Waals surface area contributed by atoms with Gasteiger partial charge in [0.25, 0.3) is 0 Å². The molecule has 1 atom stereocenters. The zero-order valence-corrected chi connectivity index (χ0v) is 49.3. The average molecular weight is 1040 g/mol. The minimum absolute atomic E-state index is 0.0906. The molecular weight excluding hydrogens is 925 g/mol. The van der Waals surface area contributed by atoms with Gasteiger partial charge in [0.05, 0.1) is 0 Å². The van der Waals surface area contributed by atoms with Gasteiger partial charge in [-0.25, -0.2) is 0 Å². The van der Waals surface area contributed by atoms with Gasteiger partial charge < -0.3 is 14.2 Å². The van der Waals surface area contributed by atoms with E-state index >= 15 is 0 Å². The lowest BCUT2D eigenvalue weighted by atomic mass is 10.0. The smallest absolute Gasteiger partial charge is 0.306 e. The van der Waals surface area contributed by atoms with Crippen LogP contribution < -0.4 is 0 Å². The van der Waals surface area contributed by atoms with Gasteiger partial charge in [-0.1, -0.05) is 259 Å². The second-order valence-electron chi connectivity index (χ2n) is 20.9. The molecule has 0 rings (SSSR count). The van der Waals surface area contributed by atoms with Gasteiger partial charge in [-0.05, 0) is 122 Å². The van der Waals surface area contributed by atoms with Gasteiger partial charge in [0.1, 0.15) is 13.2 Å². The maximum absolute atomic E-state index is 12.9. The molecule has 0 heterocycles. The Labute approximate surface area is 464 Å². The summed E-state index contributed by atoms with van der Waals surface area (Å²) in [7, 11) is 0.